The summed E-state index contributed by atoms with van der Waals surface area (Å²) in [6.07, 6.45) is 2.71. The highest BCUT2D eigenvalue weighted by Gasteiger charge is 2.26. The predicted molar refractivity (Wildman–Crippen MR) is 113 cm³/mol. The lowest BCUT2D eigenvalue weighted by Gasteiger charge is -2.32. The van der Waals surface area contributed by atoms with Crippen molar-refractivity contribution in [1.29, 1.82) is 0 Å². The number of fused-ring (bicyclic) bond motifs is 1. The van der Waals surface area contributed by atoms with Gasteiger partial charge in [-0.2, -0.15) is 0 Å². The molecular formula is C21H33N5O2. The van der Waals surface area contributed by atoms with E-state index in [0.29, 0.717) is 18.7 Å². The third-order valence-corrected chi connectivity index (χ3v) is 5.58. The number of hydrogen-bond donors (Lipinski definition) is 2. The van der Waals surface area contributed by atoms with Gasteiger partial charge in [-0.15, -0.1) is 0 Å². The summed E-state index contributed by atoms with van der Waals surface area (Å²) in [6, 6.07) is 9.52. The van der Waals surface area contributed by atoms with Crippen LogP contribution in [0, 0.1) is 0 Å². The number of likely N-dealkylation sites (tertiary alicyclic amines) is 1. The fraction of sp³-hybridized carbons (Fsp3) is 0.619. The Bertz CT molecular complexity index is 685. The molecular weight excluding hydrogens is 354 g/mol. The van der Waals surface area contributed by atoms with Gasteiger partial charge in [-0.1, -0.05) is 18.2 Å². The van der Waals surface area contributed by atoms with Crippen LogP contribution < -0.4 is 15.5 Å². The predicted octanol–water partition coefficient (Wildman–Crippen LogP) is 2.22. The number of rotatable bonds is 5. The van der Waals surface area contributed by atoms with Gasteiger partial charge in [-0.25, -0.2) is 4.79 Å². The number of benzene rings is 1. The molecule has 0 saturated carbocycles. The van der Waals surface area contributed by atoms with Gasteiger partial charge in [0.15, 0.2) is 5.96 Å². The van der Waals surface area contributed by atoms with Gasteiger partial charge >= 0.3 is 6.09 Å². The SMILES string of the molecule is CCOC(=O)N1CCC(NC(=NC)NCCN2c3ccccc3CC2C)CC1. The first kappa shape index (κ1) is 20.3. The van der Waals surface area contributed by atoms with Crippen LogP contribution in [0.1, 0.15) is 32.3 Å². The number of nitrogens with zero attached hydrogens (tertiary/aromatic N) is 3. The summed E-state index contributed by atoms with van der Waals surface area (Å²) >= 11 is 0. The number of aliphatic imine (C=N–C) groups is 1. The molecule has 1 amide bonds. The largest absolute Gasteiger partial charge is 0.450 e. The highest BCUT2D eigenvalue weighted by atomic mass is 16.6. The normalized spacial score (nSPS) is 20.1. The van der Waals surface area contributed by atoms with E-state index in [9.17, 15) is 4.79 Å². The van der Waals surface area contributed by atoms with Crippen molar-refractivity contribution in [3.8, 4) is 0 Å². The highest BCUT2D eigenvalue weighted by molar-refractivity contribution is 5.80. The van der Waals surface area contributed by atoms with Crippen LogP contribution in [0.25, 0.3) is 0 Å². The standard InChI is InChI=1S/C21H33N5O2/c1-4-28-21(27)25-12-9-18(10-13-25)24-20(22-3)23-11-14-26-16(2)15-17-7-5-6-8-19(17)26/h5-8,16,18H,4,9-15H2,1-3H3,(H2,22,23,24). The summed E-state index contributed by atoms with van der Waals surface area (Å²) in [7, 11) is 1.80. The van der Waals surface area contributed by atoms with E-state index in [1.54, 1.807) is 11.9 Å². The molecule has 1 aromatic rings. The summed E-state index contributed by atoms with van der Waals surface area (Å²) in [5, 5.41) is 6.94. The molecule has 0 spiro atoms. The summed E-state index contributed by atoms with van der Waals surface area (Å²) in [5.41, 5.74) is 2.79. The highest BCUT2D eigenvalue weighted by Crippen LogP contribution is 2.31. The lowest BCUT2D eigenvalue weighted by atomic mass is 10.1. The maximum atomic E-state index is 11.8. The molecule has 7 nitrogen and oxygen atoms in total. The summed E-state index contributed by atoms with van der Waals surface area (Å²) < 4.78 is 5.08. The van der Waals surface area contributed by atoms with E-state index in [-0.39, 0.29) is 6.09 Å². The minimum absolute atomic E-state index is 0.205. The number of ether oxygens (including phenoxy) is 1. The lowest BCUT2D eigenvalue weighted by molar-refractivity contribution is 0.0963. The Hall–Kier alpha value is -2.44. The fourth-order valence-electron chi connectivity index (χ4n) is 4.07. The van der Waals surface area contributed by atoms with Crippen molar-refractivity contribution in [2.45, 2.75) is 45.2 Å². The molecule has 3 rings (SSSR count). The Labute approximate surface area is 168 Å². The molecule has 0 aliphatic carbocycles. The van der Waals surface area contributed by atoms with Crippen molar-refractivity contribution in [2.24, 2.45) is 4.99 Å². The number of nitrogens with one attached hydrogen (secondary N) is 2. The molecule has 2 N–H and O–H groups in total. The van der Waals surface area contributed by atoms with Crippen LogP contribution >= 0.6 is 0 Å². The fourth-order valence-corrected chi connectivity index (χ4v) is 4.07. The van der Waals surface area contributed by atoms with E-state index in [4.69, 9.17) is 4.74 Å². The molecule has 2 heterocycles. The molecule has 2 aliphatic heterocycles. The monoisotopic (exact) mass is 387 g/mol. The van der Waals surface area contributed by atoms with Gasteiger partial charge in [0.25, 0.3) is 0 Å². The van der Waals surface area contributed by atoms with Gasteiger partial charge in [0.05, 0.1) is 6.61 Å². The smallest absolute Gasteiger partial charge is 0.409 e. The molecule has 1 fully saturated rings. The van der Waals surface area contributed by atoms with Crippen LogP contribution in [0.5, 0.6) is 0 Å². The zero-order valence-corrected chi connectivity index (χ0v) is 17.3. The van der Waals surface area contributed by atoms with E-state index in [2.05, 4.69) is 51.7 Å². The topological polar surface area (TPSA) is 69.2 Å². The van der Waals surface area contributed by atoms with Crippen molar-refractivity contribution in [3.63, 3.8) is 0 Å². The number of anilines is 1. The van der Waals surface area contributed by atoms with Crippen LogP contribution in [0.4, 0.5) is 10.5 Å². The van der Waals surface area contributed by atoms with Crippen LogP contribution in [-0.2, 0) is 11.2 Å². The Kier molecular flexibility index (Phi) is 7.01. The second-order valence-electron chi connectivity index (χ2n) is 7.48. The number of carbonyl (C=O) groups excluding carboxylic acids is 1. The number of piperidine rings is 1. The average Bonchev–Trinajstić information content (AvgIpc) is 3.03. The van der Waals surface area contributed by atoms with Crippen molar-refractivity contribution in [3.05, 3.63) is 29.8 Å². The maximum absolute atomic E-state index is 11.8. The van der Waals surface area contributed by atoms with Crippen molar-refractivity contribution in [2.75, 3.05) is 44.7 Å². The number of para-hydroxylation sites is 1. The van der Waals surface area contributed by atoms with E-state index < -0.39 is 0 Å². The zero-order valence-electron chi connectivity index (χ0n) is 17.3. The summed E-state index contributed by atoms with van der Waals surface area (Å²) in [4.78, 5) is 20.4. The second kappa shape index (κ2) is 9.66. The maximum Gasteiger partial charge on any atom is 0.409 e. The molecule has 1 atom stereocenters. The molecule has 0 aromatic heterocycles. The van der Waals surface area contributed by atoms with Gasteiger partial charge in [0, 0.05) is 51.0 Å². The second-order valence-corrected chi connectivity index (χ2v) is 7.48. The van der Waals surface area contributed by atoms with Crippen LogP contribution in [0.15, 0.2) is 29.3 Å². The molecule has 0 bridgehead atoms. The van der Waals surface area contributed by atoms with Crippen molar-refractivity contribution in [1.82, 2.24) is 15.5 Å². The molecule has 1 unspecified atom stereocenters. The summed E-state index contributed by atoms with van der Waals surface area (Å²) in [5.74, 6) is 0.828. The third-order valence-electron chi connectivity index (χ3n) is 5.58. The van der Waals surface area contributed by atoms with Gasteiger partial charge in [-0.05, 0) is 44.7 Å². The quantitative estimate of drug-likeness (QED) is 0.599. The molecule has 0 radical (unpaired) electrons. The van der Waals surface area contributed by atoms with E-state index in [1.807, 2.05) is 6.92 Å². The number of amides is 1. The minimum Gasteiger partial charge on any atom is -0.450 e. The Morgan fingerprint density at radius 3 is 2.75 bits per heavy atom. The first-order chi connectivity index (χ1) is 13.6. The molecule has 28 heavy (non-hydrogen) atoms. The van der Waals surface area contributed by atoms with Crippen molar-refractivity contribution < 1.29 is 9.53 Å². The van der Waals surface area contributed by atoms with Crippen LogP contribution in [-0.4, -0.2) is 68.9 Å². The third kappa shape index (κ3) is 4.88. The van der Waals surface area contributed by atoms with Gasteiger partial charge in [-0.3, -0.25) is 4.99 Å². The van der Waals surface area contributed by atoms with Crippen molar-refractivity contribution >= 4 is 17.7 Å². The van der Waals surface area contributed by atoms with Gasteiger partial charge in [0.2, 0.25) is 0 Å². The van der Waals surface area contributed by atoms with Crippen LogP contribution in [0.2, 0.25) is 0 Å². The van der Waals surface area contributed by atoms with Gasteiger partial charge < -0.3 is 25.2 Å². The average molecular weight is 388 g/mol. The van der Waals surface area contributed by atoms with Gasteiger partial charge in [0.1, 0.15) is 0 Å². The molecule has 7 heteroatoms. The molecule has 1 aromatic carbocycles. The first-order valence-corrected chi connectivity index (χ1v) is 10.4. The minimum atomic E-state index is -0.205. The zero-order chi connectivity index (χ0) is 19.9. The van der Waals surface area contributed by atoms with E-state index in [0.717, 1.165) is 51.4 Å². The molecule has 154 valence electrons. The van der Waals surface area contributed by atoms with E-state index in [1.165, 1.54) is 11.3 Å². The Morgan fingerprint density at radius 2 is 2.04 bits per heavy atom. The molecule has 1 saturated heterocycles. The molecule has 2 aliphatic rings. The number of carbonyl (C=O) groups is 1. The summed E-state index contributed by atoms with van der Waals surface area (Å²) in [6.45, 7) is 7.76. The first-order valence-electron chi connectivity index (χ1n) is 10.4. The van der Waals surface area contributed by atoms with Crippen LogP contribution in [0.3, 0.4) is 0 Å². The van der Waals surface area contributed by atoms with E-state index >= 15 is 0 Å². The Morgan fingerprint density at radius 1 is 1.29 bits per heavy atom. The number of hydrogen-bond acceptors (Lipinski definition) is 4. The lowest BCUT2D eigenvalue weighted by Crippen LogP contribution is -2.50. The Balaban J connectivity index is 1.42. The number of guanidine groups is 1.